The first-order valence-electron chi connectivity index (χ1n) is 10.0. The van der Waals surface area contributed by atoms with Gasteiger partial charge in [-0.3, -0.25) is 9.89 Å². The number of nitrogens with zero attached hydrogens (tertiary/aromatic N) is 3. The van der Waals surface area contributed by atoms with Crippen LogP contribution in [-0.2, 0) is 13.1 Å². The Morgan fingerprint density at radius 3 is 2.43 bits per heavy atom. The van der Waals surface area contributed by atoms with Crippen molar-refractivity contribution in [2.45, 2.75) is 50.6 Å². The molecule has 0 spiro atoms. The number of hydrogen-bond donors (Lipinski definition) is 2. The van der Waals surface area contributed by atoms with E-state index in [1.165, 1.54) is 11.1 Å². The van der Waals surface area contributed by atoms with E-state index in [1.807, 2.05) is 18.8 Å². The predicted molar refractivity (Wildman–Crippen MR) is 131 cm³/mol. The smallest absolute Gasteiger partial charge is 0.193 e. The number of hydrogen-bond acceptors (Lipinski definition) is 4. The van der Waals surface area contributed by atoms with E-state index < -0.39 is 0 Å². The van der Waals surface area contributed by atoms with Crippen LogP contribution in [0.25, 0.3) is 0 Å². The summed E-state index contributed by atoms with van der Waals surface area (Å²) in [6.45, 7) is 10.4. The lowest BCUT2D eigenvalue weighted by Gasteiger charge is -2.39. The number of aliphatic imine (C=N–C) groups is 1. The van der Waals surface area contributed by atoms with Gasteiger partial charge >= 0.3 is 0 Å². The largest absolute Gasteiger partial charge is 0.393 e. The van der Waals surface area contributed by atoms with Crippen LogP contribution in [0.4, 0.5) is 0 Å². The summed E-state index contributed by atoms with van der Waals surface area (Å²) in [5.74, 6) is 2.15. The SMILES string of the molecule is CN=C(NCc1ccc(CN2CCC(O)CC2)cc1)N1CCSC(C)(C)C1.I. The van der Waals surface area contributed by atoms with Gasteiger partial charge in [-0.25, -0.2) is 0 Å². The van der Waals surface area contributed by atoms with Crippen molar-refractivity contribution < 1.29 is 5.11 Å². The number of nitrogens with one attached hydrogen (secondary N) is 1. The lowest BCUT2D eigenvalue weighted by Crippen LogP contribution is -2.50. The first-order valence-corrected chi connectivity index (χ1v) is 11.0. The monoisotopic (exact) mass is 518 g/mol. The third-order valence-corrected chi connectivity index (χ3v) is 6.67. The van der Waals surface area contributed by atoms with Crippen LogP contribution < -0.4 is 5.32 Å². The van der Waals surface area contributed by atoms with Gasteiger partial charge in [0, 0.05) is 56.8 Å². The van der Waals surface area contributed by atoms with E-state index in [2.05, 4.69) is 58.2 Å². The highest BCUT2D eigenvalue weighted by atomic mass is 127. The highest BCUT2D eigenvalue weighted by Crippen LogP contribution is 2.29. The van der Waals surface area contributed by atoms with Crippen LogP contribution in [0.3, 0.4) is 0 Å². The van der Waals surface area contributed by atoms with Crippen LogP contribution in [0.2, 0.25) is 0 Å². The first kappa shape index (κ1) is 23.8. The number of aliphatic hydroxyl groups is 1. The van der Waals surface area contributed by atoms with Gasteiger partial charge in [0.05, 0.1) is 6.10 Å². The van der Waals surface area contributed by atoms with E-state index in [4.69, 9.17) is 0 Å². The molecule has 2 saturated heterocycles. The zero-order valence-corrected chi connectivity index (χ0v) is 20.5. The van der Waals surface area contributed by atoms with Crippen molar-refractivity contribution in [1.82, 2.24) is 15.1 Å². The maximum Gasteiger partial charge on any atom is 0.193 e. The van der Waals surface area contributed by atoms with E-state index in [9.17, 15) is 5.11 Å². The van der Waals surface area contributed by atoms with Gasteiger partial charge in [0.2, 0.25) is 0 Å². The van der Waals surface area contributed by atoms with Gasteiger partial charge in [0.15, 0.2) is 5.96 Å². The van der Waals surface area contributed by atoms with Crippen molar-refractivity contribution in [2.75, 3.05) is 39.0 Å². The van der Waals surface area contributed by atoms with Gasteiger partial charge in [-0.15, -0.1) is 24.0 Å². The summed E-state index contributed by atoms with van der Waals surface area (Å²) in [5, 5.41) is 13.2. The molecule has 0 amide bonds. The highest BCUT2D eigenvalue weighted by molar-refractivity contribution is 14.0. The van der Waals surface area contributed by atoms with Crippen molar-refractivity contribution in [3.8, 4) is 0 Å². The average Bonchev–Trinajstić information content (AvgIpc) is 2.65. The maximum atomic E-state index is 9.63. The van der Waals surface area contributed by atoms with Gasteiger partial charge in [-0.2, -0.15) is 11.8 Å². The molecule has 2 N–H and O–H groups in total. The lowest BCUT2D eigenvalue weighted by atomic mass is 10.1. The molecule has 7 heteroatoms. The van der Waals surface area contributed by atoms with Crippen molar-refractivity contribution in [3.63, 3.8) is 0 Å². The molecule has 1 aromatic rings. The Morgan fingerprint density at radius 2 is 1.82 bits per heavy atom. The third-order valence-electron chi connectivity index (χ3n) is 5.37. The summed E-state index contributed by atoms with van der Waals surface area (Å²) in [6, 6.07) is 8.88. The molecule has 2 aliphatic heterocycles. The van der Waals surface area contributed by atoms with Crippen LogP contribution in [-0.4, -0.2) is 70.7 Å². The maximum absolute atomic E-state index is 9.63. The number of thioether (sulfide) groups is 1. The number of likely N-dealkylation sites (tertiary alicyclic amines) is 1. The van der Waals surface area contributed by atoms with Gasteiger partial charge in [-0.05, 0) is 37.8 Å². The molecule has 2 aliphatic rings. The summed E-state index contributed by atoms with van der Waals surface area (Å²) in [4.78, 5) is 9.29. The Bertz CT molecular complexity index is 630. The van der Waals surface area contributed by atoms with Gasteiger partial charge in [0.25, 0.3) is 0 Å². The Labute approximate surface area is 191 Å². The average molecular weight is 519 g/mol. The quantitative estimate of drug-likeness (QED) is 0.365. The standard InChI is InChI=1S/C21H34N4OS.HI/c1-21(2)16-25(12-13-27-21)20(22-3)23-14-17-4-6-18(7-5-17)15-24-10-8-19(26)9-11-24;/h4-7,19,26H,8-16H2,1-3H3,(H,22,23);1H. The number of guanidine groups is 1. The minimum absolute atomic E-state index is 0. The van der Waals surface area contributed by atoms with Crippen LogP contribution in [0.15, 0.2) is 29.3 Å². The van der Waals surface area contributed by atoms with E-state index in [0.29, 0.717) is 0 Å². The first-order chi connectivity index (χ1) is 12.9. The fourth-order valence-corrected chi connectivity index (χ4v) is 4.92. The summed E-state index contributed by atoms with van der Waals surface area (Å²) in [5.41, 5.74) is 2.62. The molecule has 0 bridgehead atoms. The molecule has 2 fully saturated rings. The van der Waals surface area contributed by atoms with E-state index in [-0.39, 0.29) is 34.8 Å². The summed E-state index contributed by atoms with van der Waals surface area (Å²) in [6.07, 6.45) is 1.69. The topological polar surface area (TPSA) is 51.1 Å². The van der Waals surface area contributed by atoms with Gasteiger partial charge < -0.3 is 15.3 Å². The minimum atomic E-state index is -0.104. The summed E-state index contributed by atoms with van der Waals surface area (Å²) < 4.78 is 0.280. The number of halogens is 1. The molecule has 0 radical (unpaired) electrons. The zero-order chi connectivity index (χ0) is 19.3. The van der Waals surface area contributed by atoms with Crippen molar-refractivity contribution in [1.29, 1.82) is 0 Å². The number of piperidine rings is 1. The van der Waals surface area contributed by atoms with Crippen molar-refractivity contribution in [2.24, 2.45) is 4.99 Å². The predicted octanol–water partition coefficient (Wildman–Crippen LogP) is 3.16. The lowest BCUT2D eigenvalue weighted by molar-refractivity contribution is 0.0792. The molecule has 28 heavy (non-hydrogen) atoms. The van der Waals surface area contributed by atoms with E-state index in [0.717, 1.165) is 63.8 Å². The van der Waals surface area contributed by atoms with Gasteiger partial charge in [0.1, 0.15) is 0 Å². The fourth-order valence-electron chi connectivity index (χ4n) is 3.81. The second-order valence-electron chi connectivity index (χ2n) is 8.25. The summed E-state index contributed by atoms with van der Waals surface area (Å²) >= 11 is 2.04. The van der Waals surface area contributed by atoms with Crippen LogP contribution in [0, 0.1) is 0 Å². The van der Waals surface area contributed by atoms with Crippen LogP contribution in [0.5, 0.6) is 0 Å². The molecule has 2 heterocycles. The number of benzene rings is 1. The normalized spacial score (nSPS) is 21.3. The van der Waals surface area contributed by atoms with Crippen LogP contribution >= 0.6 is 35.7 Å². The molecule has 1 aromatic carbocycles. The Morgan fingerprint density at radius 1 is 1.18 bits per heavy atom. The molecule has 0 unspecified atom stereocenters. The van der Waals surface area contributed by atoms with Crippen LogP contribution in [0.1, 0.15) is 37.8 Å². The Hall–Kier alpha value is -0.510. The number of aliphatic hydroxyl groups excluding tert-OH is 1. The molecule has 0 aromatic heterocycles. The molecule has 3 rings (SSSR count). The molecular formula is C21H35IN4OS. The summed E-state index contributed by atoms with van der Waals surface area (Å²) in [7, 11) is 1.87. The van der Waals surface area contributed by atoms with Crippen molar-refractivity contribution >= 4 is 41.7 Å². The Kier molecular flexibility index (Phi) is 9.37. The van der Waals surface area contributed by atoms with E-state index >= 15 is 0 Å². The number of rotatable bonds is 4. The third kappa shape index (κ3) is 7.07. The molecule has 0 saturated carbocycles. The molecule has 5 nitrogen and oxygen atoms in total. The highest BCUT2D eigenvalue weighted by Gasteiger charge is 2.28. The Balaban J connectivity index is 0.00000280. The second-order valence-corrected chi connectivity index (χ2v) is 10.1. The minimum Gasteiger partial charge on any atom is -0.393 e. The molecule has 0 aliphatic carbocycles. The molecular weight excluding hydrogens is 483 g/mol. The molecule has 158 valence electrons. The molecule has 0 atom stereocenters. The van der Waals surface area contributed by atoms with E-state index in [1.54, 1.807) is 0 Å². The van der Waals surface area contributed by atoms with Gasteiger partial charge in [-0.1, -0.05) is 24.3 Å². The second kappa shape index (κ2) is 11.0. The zero-order valence-electron chi connectivity index (χ0n) is 17.4. The fraction of sp³-hybridized carbons (Fsp3) is 0.667. The van der Waals surface area contributed by atoms with Crippen molar-refractivity contribution in [3.05, 3.63) is 35.4 Å².